The van der Waals surface area contributed by atoms with Gasteiger partial charge < -0.3 is 14.5 Å². The summed E-state index contributed by atoms with van der Waals surface area (Å²) in [6, 6.07) is 3.83. The maximum atomic E-state index is 12.6. The lowest BCUT2D eigenvalue weighted by Gasteiger charge is -2.35. The molecule has 0 N–H and O–H groups in total. The van der Waals surface area contributed by atoms with Crippen molar-refractivity contribution in [2.45, 2.75) is 58.8 Å². The average molecular weight is 433 g/mol. The molecule has 3 aliphatic heterocycles. The minimum absolute atomic E-state index is 0.139. The van der Waals surface area contributed by atoms with E-state index in [0.717, 1.165) is 68.1 Å². The van der Waals surface area contributed by atoms with Crippen LogP contribution in [0.4, 0.5) is 11.5 Å². The summed E-state index contributed by atoms with van der Waals surface area (Å²) in [7, 11) is 0. The Bertz CT molecular complexity index is 1270. The second-order valence-electron chi connectivity index (χ2n) is 9.38. The summed E-state index contributed by atoms with van der Waals surface area (Å²) in [5.74, 6) is 0.850. The molecule has 0 aromatic carbocycles. The Morgan fingerprint density at radius 1 is 1.03 bits per heavy atom. The number of nitrogens with zero attached hydrogens (tertiary/aromatic N) is 6. The second-order valence-corrected chi connectivity index (χ2v) is 9.38. The molecule has 3 aromatic rings. The van der Waals surface area contributed by atoms with Crippen molar-refractivity contribution in [3.8, 4) is 0 Å². The van der Waals surface area contributed by atoms with Crippen LogP contribution >= 0.6 is 0 Å². The summed E-state index contributed by atoms with van der Waals surface area (Å²) in [4.78, 5) is 26.7. The number of aromatic nitrogens is 4. The van der Waals surface area contributed by atoms with Crippen LogP contribution in [0.3, 0.4) is 0 Å². The molecule has 2 saturated heterocycles. The highest BCUT2D eigenvalue weighted by atomic mass is 16.5. The molecule has 2 bridgehead atoms. The number of anilines is 2. The van der Waals surface area contributed by atoms with Gasteiger partial charge in [-0.1, -0.05) is 0 Å². The number of hydrogen-bond acceptors (Lipinski definition) is 7. The van der Waals surface area contributed by atoms with Crippen LogP contribution in [0.15, 0.2) is 23.1 Å². The first-order valence-electron chi connectivity index (χ1n) is 11.5. The highest BCUT2D eigenvalue weighted by Gasteiger charge is 2.34. The van der Waals surface area contributed by atoms with Gasteiger partial charge in [-0.2, -0.15) is 4.52 Å². The smallest absolute Gasteiger partial charge is 0.274 e. The van der Waals surface area contributed by atoms with E-state index in [0.29, 0.717) is 23.5 Å². The number of aryl methyl sites for hydroxylation is 2. The molecule has 8 nitrogen and oxygen atoms in total. The largest absolute Gasteiger partial charge is 0.371 e. The summed E-state index contributed by atoms with van der Waals surface area (Å²) in [5, 5.41) is 4.73. The Morgan fingerprint density at radius 3 is 2.59 bits per heavy atom. The fourth-order valence-corrected chi connectivity index (χ4v) is 5.33. The zero-order chi connectivity index (χ0) is 22.0. The number of pyridine rings is 1. The molecule has 0 saturated carbocycles. The number of morpholine rings is 1. The number of rotatable bonds is 2. The standard InChI is InChI=1S/C24H28N6O2/c1-14-8-22(31)30-23(26-14)15(2)16(3)24(27-30)28-7-6-21-17(11-28)9-18(10-25-21)29-12-19-4-5-20(13-29)32-19/h8-10,19-20H,4-7,11-13H2,1-3H3. The van der Waals surface area contributed by atoms with Crippen molar-refractivity contribution in [3.05, 3.63) is 56.8 Å². The molecule has 32 heavy (non-hydrogen) atoms. The van der Waals surface area contributed by atoms with E-state index in [1.165, 1.54) is 21.8 Å². The molecular weight excluding hydrogens is 404 g/mol. The lowest BCUT2D eigenvalue weighted by atomic mass is 10.0. The van der Waals surface area contributed by atoms with Crippen LogP contribution in [0, 0.1) is 20.8 Å². The van der Waals surface area contributed by atoms with E-state index in [9.17, 15) is 4.79 Å². The Kier molecular flexibility index (Phi) is 4.47. The van der Waals surface area contributed by atoms with Gasteiger partial charge in [0.15, 0.2) is 11.5 Å². The molecule has 2 fully saturated rings. The van der Waals surface area contributed by atoms with E-state index in [1.807, 2.05) is 20.0 Å². The predicted molar refractivity (Wildman–Crippen MR) is 123 cm³/mol. The molecule has 6 rings (SSSR count). The zero-order valence-corrected chi connectivity index (χ0v) is 18.8. The van der Waals surface area contributed by atoms with Crippen LogP contribution in [0.2, 0.25) is 0 Å². The van der Waals surface area contributed by atoms with Gasteiger partial charge in [0.2, 0.25) is 0 Å². The van der Waals surface area contributed by atoms with Gasteiger partial charge in [-0.3, -0.25) is 9.78 Å². The minimum Gasteiger partial charge on any atom is -0.371 e. The molecule has 3 aliphatic rings. The first-order valence-corrected chi connectivity index (χ1v) is 11.5. The Morgan fingerprint density at radius 2 is 1.81 bits per heavy atom. The first kappa shape index (κ1) is 19.7. The summed E-state index contributed by atoms with van der Waals surface area (Å²) in [5.41, 5.74) is 6.86. The van der Waals surface area contributed by atoms with E-state index in [1.54, 1.807) is 0 Å². The van der Waals surface area contributed by atoms with Crippen LogP contribution in [0.5, 0.6) is 0 Å². The zero-order valence-electron chi connectivity index (χ0n) is 18.8. The number of ether oxygens (including phenoxy) is 1. The molecule has 8 heteroatoms. The van der Waals surface area contributed by atoms with Gasteiger partial charge in [0, 0.05) is 61.2 Å². The van der Waals surface area contributed by atoms with Crippen LogP contribution in [0.25, 0.3) is 5.65 Å². The van der Waals surface area contributed by atoms with Crippen LogP contribution < -0.4 is 15.4 Å². The normalized spacial score (nSPS) is 22.5. The third-order valence-electron chi connectivity index (χ3n) is 7.19. The molecule has 2 atom stereocenters. The molecule has 3 aromatic heterocycles. The fourth-order valence-electron chi connectivity index (χ4n) is 5.33. The van der Waals surface area contributed by atoms with Gasteiger partial charge in [0.25, 0.3) is 5.56 Å². The molecule has 2 unspecified atom stereocenters. The van der Waals surface area contributed by atoms with Crippen molar-refractivity contribution in [3.63, 3.8) is 0 Å². The van der Waals surface area contributed by atoms with E-state index in [4.69, 9.17) is 14.8 Å². The molecule has 0 spiro atoms. The van der Waals surface area contributed by atoms with Crippen molar-refractivity contribution >= 4 is 17.2 Å². The van der Waals surface area contributed by atoms with E-state index >= 15 is 0 Å². The minimum atomic E-state index is -0.139. The first-order chi connectivity index (χ1) is 15.5. The third-order valence-corrected chi connectivity index (χ3v) is 7.19. The molecule has 6 heterocycles. The van der Waals surface area contributed by atoms with Crippen LogP contribution in [-0.2, 0) is 17.7 Å². The van der Waals surface area contributed by atoms with Gasteiger partial charge >= 0.3 is 0 Å². The second kappa shape index (κ2) is 7.27. The highest BCUT2D eigenvalue weighted by molar-refractivity contribution is 5.60. The number of hydrogen-bond donors (Lipinski definition) is 0. The summed E-state index contributed by atoms with van der Waals surface area (Å²) >= 11 is 0. The Labute approximate surface area is 186 Å². The Hall–Kier alpha value is -3.00. The van der Waals surface area contributed by atoms with E-state index in [2.05, 4.69) is 27.8 Å². The van der Waals surface area contributed by atoms with Crippen molar-refractivity contribution in [2.75, 3.05) is 29.4 Å². The van der Waals surface area contributed by atoms with E-state index in [-0.39, 0.29) is 5.56 Å². The van der Waals surface area contributed by atoms with Gasteiger partial charge in [0.05, 0.1) is 24.1 Å². The summed E-state index contributed by atoms with van der Waals surface area (Å²) in [6.45, 7) is 9.39. The van der Waals surface area contributed by atoms with Gasteiger partial charge in [0.1, 0.15) is 0 Å². The SMILES string of the molecule is Cc1cc(=O)n2nc(N3CCc4ncc(N5CC6CCC(C5)O6)cc4C3)c(C)c(C)c2n1. The predicted octanol–water partition coefficient (Wildman–Crippen LogP) is 2.34. The molecule has 0 radical (unpaired) electrons. The lowest BCUT2D eigenvalue weighted by Crippen LogP contribution is -2.43. The van der Waals surface area contributed by atoms with Gasteiger partial charge in [-0.25, -0.2) is 4.98 Å². The van der Waals surface area contributed by atoms with Gasteiger partial charge in [-0.15, -0.1) is 5.10 Å². The summed E-state index contributed by atoms with van der Waals surface area (Å²) in [6.07, 6.45) is 5.91. The van der Waals surface area contributed by atoms with Crippen molar-refractivity contribution in [2.24, 2.45) is 0 Å². The topological polar surface area (TPSA) is 75.9 Å². The third kappa shape index (κ3) is 3.16. The lowest BCUT2D eigenvalue weighted by molar-refractivity contribution is 0.0304. The maximum Gasteiger partial charge on any atom is 0.274 e. The monoisotopic (exact) mass is 432 g/mol. The quantitative estimate of drug-likeness (QED) is 0.615. The average Bonchev–Trinajstić information content (AvgIpc) is 3.13. The fraction of sp³-hybridized carbons (Fsp3) is 0.500. The van der Waals surface area contributed by atoms with Crippen LogP contribution in [0.1, 0.15) is 40.9 Å². The van der Waals surface area contributed by atoms with Crippen molar-refractivity contribution < 1.29 is 4.74 Å². The highest BCUT2D eigenvalue weighted by Crippen LogP contribution is 2.32. The molecular formula is C24H28N6O2. The summed E-state index contributed by atoms with van der Waals surface area (Å²) < 4.78 is 7.44. The van der Waals surface area contributed by atoms with E-state index < -0.39 is 0 Å². The van der Waals surface area contributed by atoms with Crippen molar-refractivity contribution in [1.29, 1.82) is 0 Å². The molecule has 0 aliphatic carbocycles. The van der Waals surface area contributed by atoms with Gasteiger partial charge in [-0.05, 0) is 45.2 Å². The Balaban J connectivity index is 1.34. The van der Waals surface area contributed by atoms with Crippen LogP contribution in [-0.4, -0.2) is 51.4 Å². The van der Waals surface area contributed by atoms with Crippen molar-refractivity contribution in [1.82, 2.24) is 19.6 Å². The maximum absolute atomic E-state index is 12.6. The molecule has 0 amide bonds. The number of fused-ring (bicyclic) bond motifs is 4. The molecule has 166 valence electrons.